The van der Waals surface area contributed by atoms with E-state index in [4.69, 9.17) is 0 Å². The summed E-state index contributed by atoms with van der Waals surface area (Å²) in [6.45, 7) is 0. The number of halogens is 1. The number of rotatable bonds is 1. The number of hydrogen-bond donors (Lipinski definition) is 1. The van der Waals surface area contributed by atoms with Gasteiger partial charge >= 0.3 is 0 Å². The summed E-state index contributed by atoms with van der Waals surface area (Å²) in [6.07, 6.45) is 2.50. The lowest BCUT2D eigenvalue weighted by molar-refractivity contribution is 0.112. The lowest BCUT2D eigenvalue weighted by Gasteiger charge is -1.95. The average molecular weight is 225 g/mol. The zero-order valence-corrected chi connectivity index (χ0v) is 7.63. The van der Waals surface area contributed by atoms with E-state index in [1.54, 1.807) is 12.3 Å². The van der Waals surface area contributed by atoms with Gasteiger partial charge in [0.1, 0.15) is 0 Å². The summed E-state index contributed by atoms with van der Waals surface area (Å²) in [4.78, 5) is 10.5. The first-order chi connectivity index (χ1) is 5.83. The van der Waals surface area contributed by atoms with Gasteiger partial charge in [-0.15, -0.1) is 0 Å². The Morgan fingerprint density at radius 1 is 1.50 bits per heavy atom. The second-order valence-electron chi connectivity index (χ2n) is 2.42. The average Bonchev–Trinajstić information content (AvgIpc) is 2.53. The van der Waals surface area contributed by atoms with Crippen LogP contribution in [0.25, 0.3) is 10.9 Å². The minimum Gasteiger partial charge on any atom is -0.298 e. The highest BCUT2D eigenvalue weighted by atomic mass is 79.9. The molecule has 2 rings (SSSR count). The fraction of sp³-hybridized carbons (Fsp3) is 0. The van der Waals surface area contributed by atoms with Crippen LogP contribution in [0.3, 0.4) is 0 Å². The van der Waals surface area contributed by atoms with Crippen LogP contribution in [0.5, 0.6) is 0 Å². The molecular formula is C8H5BrN2O. The number of aldehydes is 1. The Bertz CT molecular complexity index is 436. The van der Waals surface area contributed by atoms with Gasteiger partial charge in [-0.05, 0) is 28.1 Å². The Hall–Kier alpha value is -1.16. The van der Waals surface area contributed by atoms with Crippen LogP contribution in [0.2, 0.25) is 0 Å². The maximum absolute atomic E-state index is 10.5. The highest BCUT2D eigenvalue weighted by Gasteiger charge is 2.04. The molecule has 60 valence electrons. The normalized spacial score (nSPS) is 10.4. The Morgan fingerprint density at radius 2 is 2.33 bits per heavy atom. The highest BCUT2D eigenvalue weighted by Crippen LogP contribution is 2.24. The van der Waals surface area contributed by atoms with E-state index in [0.29, 0.717) is 5.56 Å². The van der Waals surface area contributed by atoms with Gasteiger partial charge in [-0.2, -0.15) is 5.10 Å². The smallest absolute Gasteiger partial charge is 0.151 e. The Balaban J connectivity index is 2.86. The van der Waals surface area contributed by atoms with Crippen molar-refractivity contribution in [1.29, 1.82) is 0 Å². The molecule has 2 aromatic rings. The first kappa shape index (κ1) is 7.49. The van der Waals surface area contributed by atoms with Crippen LogP contribution in [-0.4, -0.2) is 16.5 Å². The first-order valence-corrected chi connectivity index (χ1v) is 4.19. The van der Waals surface area contributed by atoms with Gasteiger partial charge in [-0.1, -0.05) is 0 Å². The van der Waals surface area contributed by atoms with E-state index < -0.39 is 0 Å². The van der Waals surface area contributed by atoms with E-state index in [1.165, 1.54) is 0 Å². The fourth-order valence-corrected chi connectivity index (χ4v) is 1.63. The number of H-pyrrole nitrogens is 1. The third-order valence-corrected chi connectivity index (χ3v) is 2.60. The summed E-state index contributed by atoms with van der Waals surface area (Å²) in [5.41, 5.74) is 1.57. The van der Waals surface area contributed by atoms with Crippen molar-refractivity contribution in [3.63, 3.8) is 0 Å². The van der Waals surface area contributed by atoms with Crippen LogP contribution in [0.15, 0.2) is 22.8 Å². The predicted molar refractivity (Wildman–Crippen MR) is 49.2 cm³/mol. The van der Waals surface area contributed by atoms with Crippen LogP contribution < -0.4 is 0 Å². The lowest BCUT2D eigenvalue weighted by Crippen LogP contribution is -1.81. The van der Waals surface area contributed by atoms with Crippen LogP contribution in [0.1, 0.15) is 10.4 Å². The number of aromatic amines is 1. The van der Waals surface area contributed by atoms with Crippen LogP contribution >= 0.6 is 15.9 Å². The van der Waals surface area contributed by atoms with Crippen molar-refractivity contribution in [2.75, 3.05) is 0 Å². The molecule has 0 spiro atoms. The molecule has 1 heterocycles. The molecule has 0 bridgehead atoms. The fourth-order valence-electron chi connectivity index (χ4n) is 1.09. The minimum absolute atomic E-state index is 0.643. The van der Waals surface area contributed by atoms with E-state index >= 15 is 0 Å². The lowest BCUT2D eigenvalue weighted by atomic mass is 10.2. The molecule has 0 aliphatic carbocycles. The summed E-state index contributed by atoms with van der Waals surface area (Å²) in [6, 6.07) is 3.58. The molecule has 3 nitrogen and oxygen atoms in total. The number of aromatic nitrogens is 2. The molecule has 0 saturated carbocycles. The van der Waals surface area contributed by atoms with Gasteiger partial charge < -0.3 is 0 Å². The molecule has 0 aliphatic heterocycles. The maximum atomic E-state index is 10.5. The molecule has 4 heteroatoms. The second-order valence-corrected chi connectivity index (χ2v) is 3.21. The summed E-state index contributed by atoms with van der Waals surface area (Å²) in [5, 5.41) is 7.61. The number of nitrogens with zero attached hydrogens (tertiary/aromatic N) is 1. The quantitative estimate of drug-likeness (QED) is 0.755. The Labute approximate surface area is 76.9 Å². The molecule has 0 radical (unpaired) electrons. The molecular weight excluding hydrogens is 220 g/mol. The largest absolute Gasteiger partial charge is 0.298 e. The van der Waals surface area contributed by atoms with Crippen molar-refractivity contribution in [3.8, 4) is 0 Å². The predicted octanol–water partition coefficient (Wildman–Crippen LogP) is 2.14. The summed E-state index contributed by atoms with van der Waals surface area (Å²) >= 11 is 3.33. The van der Waals surface area contributed by atoms with Gasteiger partial charge in [0.15, 0.2) is 6.29 Å². The maximum Gasteiger partial charge on any atom is 0.151 e. The van der Waals surface area contributed by atoms with Crippen molar-refractivity contribution in [1.82, 2.24) is 10.2 Å². The molecule has 0 amide bonds. The molecule has 1 aromatic heterocycles. The van der Waals surface area contributed by atoms with Crippen LogP contribution in [-0.2, 0) is 0 Å². The number of nitrogens with one attached hydrogen (secondary N) is 1. The Morgan fingerprint density at radius 3 is 3.08 bits per heavy atom. The van der Waals surface area contributed by atoms with E-state index in [1.807, 2.05) is 6.07 Å². The van der Waals surface area contributed by atoms with E-state index in [0.717, 1.165) is 21.7 Å². The Kier molecular flexibility index (Phi) is 1.69. The second kappa shape index (κ2) is 2.71. The molecule has 0 unspecified atom stereocenters. The molecule has 12 heavy (non-hydrogen) atoms. The number of benzene rings is 1. The topological polar surface area (TPSA) is 45.8 Å². The van der Waals surface area contributed by atoms with Crippen molar-refractivity contribution in [2.45, 2.75) is 0 Å². The van der Waals surface area contributed by atoms with Crippen molar-refractivity contribution >= 4 is 33.1 Å². The van der Waals surface area contributed by atoms with Gasteiger partial charge in [-0.25, -0.2) is 0 Å². The standard InChI is InChI=1S/C8H5BrN2O/c9-8-5(4-12)1-2-7-6(8)3-10-11-7/h1-4H,(H,10,11). The molecule has 1 aromatic carbocycles. The number of fused-ring (bicyclic) bond motifs is 1. The zero-order chi connectivity index (χ0) is 8.55. The van der Waals surface area contributed by atoms with Crippen molar-refractivity contribution < 1.29 is 4.79 Å². The van der Waals surface area contributed by atoms with Gasteiger partial charge in [0, 0.05) is 15.4 Å². The highest BCUT2D eigenvalue weighted by molar-refractivity contribution is 9.10. The van der Waals surface area contributed by atoms with Gasteiger partial charge in [0.25, 0.3) is 0 Å². The van der Waals surface area contributed by atoms with Crippen LogP contribution in [0, 0.1) is 0 Å². The van der Waals surface area contributed by atoms with E-state index in [2.05, 4.69) is 26.1 Å². The number of hydrogen-bond acceptors (Lipinski definition) is 2. The minimum atomic E-state index is 0.643. The van der Waals surface area contributed by atoms with Gasteiger partial charge in [-0.3, -0.25) is 9.89 Å². The summed E-state index contributed by atoms with van der Waals surface area (Å²) in [7, 11) is 0. The van der Waals surface area contributed by atoms with Crippen molar-refractivity contribution in [2.24, 2.45) is 0 Å². The van der Waals surface area contributed by atoms with Crippen molar-refractivity contribution in [3.05, 3.63) is 28.4 Å². The van der Waals surface area contributed by atoms with E-state index in [-0.39, 0.29) is 0 Å². The van der Waals surface area contributed by atoms with E-state index in [9.17, 15) is 4.79 Å². The molecule has 0 aliphatic rings. The summed E-state index contributed by atoms with van der Waals surface area (Å²) in [5.74, 6) is 0. The molecule has 0 fully saturated rings. The monoisotopic (exact) mass is 224 g/mol. The number of carbonyl (C=O) groups excluding carboxylic acids is 1. The third kappa shape index (κ3) is 0.956. The van der Waals surface area contributed by atoms with Gasteiger partial charge in [0.2, 0.25) is 0 Å². The summed E-state index contributed by atoms with van der Waals surface area (Å²) < 4.78 is 0.795. The van der Waals surface area contributed by atoms with Crippen LogP contribution in [0.4, 0.5) is 0 Å². The molecule has 0 atom stereocenters. The molecule has 1 N–H and O–H groups in total. The van der Waals surface area contributed by atoms with Gasteiger partial charge in [0.05, 0.1) is 11.7 Å². The molecule has 0 saturated heterocycles. The zero-order valence-electron chi connectivity index (χ0n) is 6.04. The SMILES string of the molecule is O=Cc1ccc2[nH]ncc2c1Br. The third-order valence-electron chi connectivity index (χ3n) is 1.72. The first-order valence-electron chi connectivity index (χ1n) is 3.39. The number of carbonyl (C=O) groups is 1.